The summed E-state index contributed by atoms with van der Waals surface area (Å²) in [4.78, 5) is 21.1. The van der Waals surface area contributed by atoms with Gasteiger partial charge in [0.15, 0.2) is 0 Å². The van der Waals surface area contributed by atoms with E-state index in [4.69, 9.17) is 0 Å². The molecule has 10 heteroatoms. The van der Waals surface area contributed by atoms with Crippen LogP contribution >= 0.6 is 0 Å². The number of aromatic nitrogens is 2. The zero-order valence-electron chi connectivity index (χ0n) is 12.5. The Morgan fingerprint density at radius 3 is 2.38 bits per heavy atom. The molecule has 1 saturated heterocycles. The number of alkyl halides is 3. The van der Waals surface area contributed by atoms with E-state index in [2.05, 4.69) is 9.97 Å². The van der Waals surface area contributed by atoms with Gasteiger partial charge in [0.05, 0.1) is 23.0 Å². The van der Waals surface area contributed by atoms with Crippen molar-refractivity contribution in [2.75, 3.05) is 36.0 Å². The molecular weight excluding hydrogens is 327 g/mol. The third-order valence-electron chi connectivity index (χ3n) is 3.94. The molecular formula is C14H14F3N5O2. The summed E-state index contributed by atoms with van der Waals surface area (Å²) in [5.41, 5.74) is -1.34. The van der Waals surface area contributed by atoms with E-state index in [9.17, 15) is 23.3 Å². The van der Waals surface area contributed by atoms with Crippen molar-refractivity contribution in [1.29, 1.82) is 0 Å². The molecule has 0 saturated carbocycles. The van der Waals surface area contributed by atoms with Crippen LogP contribution < -0.4 is 9.80 Å². The minimum absolute atomic E-state index is 0.206. The summed E-state index contributed by atoms with van der Waals surface area (Å²) in [6, 6.07) is 2.65. The third-order valence-corrected chi connectivity index (χ3v) is 3.94. The Bertz CT molecular complexity index is 725. The van der Waals surface area contributed by atoms with Crippen LogP contribution in [0.15, 0.2) is 30.7 Å². The molecule has 1 N–H and O–H groups in total. The Balaban J connectivity index is 1.81. The molecule has 1 aromatic heterocycles. The second kappa shape index (κ2) is 6.02. The largest absolute Gasteiger partial charge is 0.416 e. The Morgan fingerprint density at radius 1 is 1.17 bits per heavy atom. The van der Waals surface area contributed by atoms with Crippen molar-refractivity contribution in [2.24, 2.45) is 0 Å². The van der Waals surface area contributed by atoms with Crippen molar-refractivity contribution in [2.45, 2.75) is 6.18 Å². The number of imidazole rings is 1. The number of nitrogens with one attached hydrogen (secondary N) is 1. The molecule has 0 radical (unpaired) electrons. The number of nitro benzene ring substituents is 1. The molecule has 2 aromatic rings. The highest BCUT2D eigenvalue weighted by molar-refractivity contribution is 5.65. The van der Waals surface area contributed by atoms with Crippen molar-refractivity contribution in [1.82, 2.24) is 9.97 Å². The summed E-state index contributed by atoms with van der Waals surface area (Å²) < 4.78 is 38.3. The number of hydrogen-bond donors (Lipinski definition) is 1. The van der Waals surface area contributed by atoms with E-state index in [0.717, 1.165) is 11.9 Å². The number of rotatable bonds is 3. The Kier molecular flexibility index (Phi) is 4.04. The first-order chi connectivity index (χ1) is 11.4. The minimum Gasteiger partial charge on any atom is -0.362 e. The monoisotopic (exact) mass is 341 g/mol. The van der Waals surface area contributed by atoms with E-state index in [1.54, 1.807) is 17.4 Å². The average molecular weight is 341 g/mol. The maximum atomic E-state index is 12.8. The zero-order valence-corrected chi connectivity index (χ0v) is 12.5. The van der Waals surface area contributed by atoms with Crippen LogP contribution in [0.2, 0.25) is 0 Å². The normalized spacial score (nSPS) is 15.6. The molecule has 7 nitrogen and oxygen atoms in total. The van der Waals surface area contributed by atoms with E-state index >= 15 is 0 Å². The van der Waals surface area contributed by atoms with Gasteiger partial charge in [-0.1, -0.05) is 0 Å². The van der Waals surface area contributed by atoms with Gasteiger partial charge in [0.2, 0.25) is 0 Å². The fourth-order valence-electron chi connectivity index (χ4n) is 2.72. The van der Waals surface area contributed by atoms with Gasteiger partial charge in [0.1, 0.15) is 11.5 Å². The van der Waals surface area contributed by atoms with Crippen molar-refractivity contribution >= 4 is 17.2 Å². The molecule has 0 spiro atoms. The SMILES string of the molecule is O=[N+]([O-])c1cc(C(F)(F)F)ccc1N1CCN(c2cnc[nH]2)CC1. The maximum absolute atomic E-state index is 12.8. The van der Waals surface area contributed by atoms with E-state index in [-0.39, 0.29) is 5.69 Å². The standard InChI is InChI=1S/C14H14F3N5O2/c15-14(16,17)10-1-2-11(12(7-10)22(23)24)20-3-5-21(6-4-20)13-8-18-9-19-13/h1-2,7-9H,3-6H2,(H,18,19). The average Bonchev–Trinajstić information content (AvgIpc) is 3.08. The molecule has 1 fully saturated rings. The molecule has 1 aliphatic rings. The van der Waals surface area contributed by atoms with Gasteiger partial charge in [-0.2, -0.15) is 13.2 Å². The van der Waals surface area contributed by atoms with E-state index in [0.29, 0.717) is 32.2 Å². The summed E-state index contributed by atoms with van der Waals surface area (Å²) in [5.74, 6) is 0.844. The zero-order chi connectivity index (χ0) is 17.3. The highest BCUT2D eigenvalue weighted by atomic mass is 19.4. The van der Waals surface area contributed by atoms with Gasteiger partial charge in [-0.3, -0.25) is 10.1 Å². The summed E-state index contributed by atoms with van der Waals surface area (Å²) >= 11 is 0. The van der Waals surface area contributed by atoms with Gasteiger partial charge in [-0.25, -0.2) is 4.98 Å². The van der Waals surface area contributed by atoms with Gasteiger partial charge in [0, 0.05) is 32.2 Å². The third kappa shape index (κ3) is 3.12. The lowest BCUT2D eigenvalue weighted by Gasteiger charge is -2.36. The highest BCUT2D eigenvalue weighted by Crippen LogP contribution is 2.36. The van der Waals surface area contributed by atoms with Crippen LogP contribution in [-0.4, -0.2) is 41.1 Å². The smallest absolute Gasteiger partial charge is 0.362 e. The van der Waals surface area contributed by atoms with Crippen molar-refractivity contribution < 1.29 is 18.1 Å². The molecule has 3 rings (SSSR count). The number of nitro groups is 1. The first-order valence-electron chi connectivity index (χ1n) is 7.20. The van der Waals surface area contributed by atoms with Gasteiger partial charge >= 0.3 is 6.18 Å². The van der Waals surface area contributed by atoms with Gasteiger partial charge in [-0.15, -0.1) is 0 Å². The lowest BCUT2D eigenvalue weighted by atomic mass is 10.1. The molecule has 0 bridgehead atoms. The Hall–Kier alpha value is -2.78. The van der Waals surface area contributed by atoms with Crippen molar-refractivity contribution in [3.05, 3.63) is 46.4 Å². The van der Waals surface area contributed by atoms with Crippen LogP contribution in [0.3, 0.4) is 0 Å². The highest BCUT2D eigenvalue weighted by Gasteiger charge is 2.34. The lowest BCUT2D eigenvalue weighted by molar-refractivity contribution is -0.384. The van der Waals surface area contributed by atoms with E-state index in [1.807, 2.05) is 4.90 Å². The molecule has 0 amide bonds. The summed E-state index contributed by atoms with van der Waals surface area (Å²) in [7, 11) is 0. The van der Waals surface area contributed by atoms with E-state index in [1.165, 1.54) is 6.07 Å². The van der Waals surface area contributed by atoms with Crippen LogP contribution in [0.4, 0.5) is 30.4 Å². The molecule has 128 valence electrons. The van der Waals surface area contributed by atoms with Crippen LogP contribution in [0.1, 0.15) is 5.56 Å². The van der Waals surface area contributed by atoms with Crippen molar-refractivity contribution in [3.63, 3.8) is 0 Å². The first kappa shape index (κ1) is 16.1. The fourth-order valence-corrected chi connectivity index (χ4v) is 2.72. The van der Waals surface area contributed by atoms with Crippen molar-refractivity contribution in [3.8, 4) is 0 Å². The number of hydrogen-bond acceptors (Lipinski definition) is 5. The number of aromatic amines is 1. The van der Waals surface area contributed by atoms with Gasteiger partial charge in [0.25, 0.3) is 5.69 Å². The molecule has 0 atom stereocenters. The quantitative estimate of drug-likeness (QED) is 0.686. The Morgan fingerprint density at radius 2 is 1.83 bits per heavy atom. The molecule has 24 heavy (non-hydrogen) atoms. The number of nitrogens with zero attached hydrogens (tertiary/aromatic N) is 4. The number of benzene rings is 1. The predicted molar refractivity (Wildman–Crippen MR) is 81.1 cm³/mol. The summed E-state index contributed by atoms with van der Waals surface area (Å²) in [6.07, 6.45) is -1.37. The Labute approximate surface area is 134 Å². The summed E-state index contributed by atoms with van der Waals surface area (Å²) in [6.45, 7) is 2.09. The molecule has 1 aromatic carbocycles. The molecule has 0 aliphatic carbocycles. The second-order valence-electron chi connectivity index (χ2n) is 5.37. The van der Waals surface area contributed by atoms with Gasteiger partial charge in [-0.05, 0) is 12.1 Å². The van der Waals surface area contributed by atoms with Crippen LogP contribution in [-0.2, 0) is 6.18 Å². The second-order valence-corrected chi connectivity index (χ2v) is 5.37. The lowest BCUT2D eigenvalue weighted by Crippen LogP contribution is -2.46. The molecule has 0 unspecified atom stereocenters. The number of H-pyrrole nitrogens is 1. The molecule has 2 heterocycles. The topological polar surface area (TPSA) is 78.3 Å². The van der Waals surface area contributed by atoms with Gasteiger partial charge < -0.3 is 14.8 Å². The first-order valence-corrected chi connectivity index (χ1v) is 7.20. The van der Waals surface area contributed by atoms with Crippen LogP contribution in [0.25, 0.3) is 0 Å². The van der Waals surface area contributed by atoms with Crippen LogP contribution in [0, 0.1) is 10.1 Å². The number of anilines is 2. The number of piperazine rings is 1. The molecule has 1 aliphatic heterocycles. The summed E-state index contributed by atoms with van der Waals surface area (Å²) in [5, 5.41) is 11.2. The maximum Gasteiger partial charge on any atom is 0.416 e. The van der Waals surface area contributed by atoms with Crippen LogP contribution in [0.5, 0.6) is 0 Å². The van der Waals surface area contributed by atoms with E-state index < -0.39 is 22.4 Å². The predicted octanol–water partition coefficient (Wildman–Crippen LogP) is 2.66. The minimum atomic E-state index is -4.61. The number of halogens is 3. The fraction of sp³-hybridized carbons (Fsp3) is 0.357.